The van der Waals surface area contributed by atoms with E-state index in [9.17, 15) is 9.59 Å². The fourth-order valence-corrected chi connectivity index (χ4v) is 9.87. The third kappa shape index (κ3) is 11.5. The van der Waals surface area contributed by atoms with Gasteiger partial charge < -0.3 is 28.5 Å². The lowest BCUT2D eigenvalue weighted by atomic mass is 9.76. The van der Waals surface area contributed by atoms with Gasteiger partial charge in [0.2, 0.25) is 0 Å². The third-order valence-corrected chi connectivity index (χ3v) is 17.6. The average molecular weight is 1030 g/mol. The number of halogens is 1. The van der Waals surface area contributed by atoms with E-state index in [4.69, 9.17) is 23.6 Å². The van der Waals surface area contributed by atoms with Gasteiger partial charge in [-0.15, -0.1) is 0 Å². The summed E-state index contributed by atoms with van der Waals surface area (Å²) in [5, 5.41) is 4.58. The Morgan fingerprint density at radius 3 is 1.71 bits per heavy atom. The van der Waals surface area contributed by atoms with Crippen LogP contribution in [0, 0.1) is 5.82 Å². The first-order valence-electron chi connectivity index (χ1n) is 25.4. The van der Waals surface area contributed by atoms with Crippen molar-refractivity contribution < 1.29 is 32.6 Å². The first-order chi connectivity index (χ1) is 35.5. The minimum Gasteiger partial charge on any atom is -0.541 e. The van der Waals surface area contributed by atoms with E-state index in [-0.39, 0.29) is 22.2 Å². The van der Waals surface area contributed by atoms with Crippen molar-refractivity contribution in [3.63, 3.8) is 0 Å². The fourth-order valence-electron chi connectivity index (χ4n) is 8.87. The van der Waals surface area contributed by atoms with Crippen molar-refractivity contribution in [3.05, 3.63) is 204 Å². The number of pyridine rings is 1. The topological polar surface area (TPSA) is 117 Å². The Morgan fingerprint density at radius 1 is 0.693 bits per heavy atom. The highest BCUT2D eigenvalue weighted by Gasteiger charge is 2.44. The van der Waals surface area contributed by atoms with Gasteiger partial charge in [0, 0.05) is 40.7 Å². The first kappa shape index (κ1) is 53.5. The van der Waals surface area contributed by atoms with E-state index in [1.54, 1.807) is 65.8 Å². The maximum Gasteiger partial charge on any atom is 0.425 e. The van der Waals surface area contributed by atoms with Crippen molar-refractivity contribution in [2.75, 3.05) is 16.8 Å². The summed E-state index contributed by atoms with van der Waals surface area (Å²) in [6, 6.07) is 50.3. The van der Waals surface area contributed by atoms with E-state index in [1.807, 2.05) is 104 Å². The van der Waals surface area contributed by atoms with Crippen LogP contribution in [0.4, 0.5) is 25.5 Å². The smallest absolute Gasteiger partial charge is 0.425 e. The van der Waals surface area contributed by atoms with Gasteiger partial charge in [0.05, 0.1) is 12.3 Å². The highest BCUT2D eigenvalue weighted by molar-refractivity contribution is 6.74. The predicted octanol–water partition coefficient (Wildman–Crippen LogP) is 15.7. The number of carbonyl (C=O) groups excluding carboxylic acids is 2. The van der Waals surface area contributed by atoms with Crippen LogP contribution in [0.25, 0.3) is 22.0 Å². The molecule has 0 aliphatic carbocycles. The summed E-state index contributed by atoms with van der Waals surface area (Å²) in [6.07, 6.45) is 1.69. The van der Waals surface area contributed by atoms with Gasteiger partial charge in [-0.3, -0.25) is 0 Å². The van der Waals surface area contributed by atoms with E-state index in [1.165, 1.54) is 6.20 Å². The number of hydrogen-bond donors (Lipinski definition) is 1. The number of carbonyl (C=O) groups is 2. The largest absolute Gasteiger partial charge is 0.541 e. The van der Waals surface area contributed by atoms with Crippen LogP contribution in [-0.4, -0.2) is 52.8 Å². The summed E-state index contributed by atoms with van der Waals surface area (Å²) < 4.78 is 45.2. The Hall–Kier alpha value is -7.77. The monoisotopic (exact) mass is 1030 g/mol. The number of ether oxygens (including phenoxy) is 3. The quantitative estimate of drug-likeness (QED) is 0.0839. The molecule has 0 saturated heterocycles. The van der Waals surface area contributed by atoms with Gasteiger partial charge in [-0.25, -0.2) is 23.9 Å². The zero-order valence-corrected chi connectivity index (χ0v) is 46.1. The summed E-state index contributed by atoms with van der Waals surface area (Å²) in [4.78, 5) is 38.9. The van der Waals surface area contributed by atoms with E-state index in [0.29, 0.717) is 40.3 Å². The molecule has 0 aliphatic heterocycles. The Balaban J connectivity index is 1.44. The zero-order chi connectivity index (χ0) is 53.9. The van der Waals surface area contributed by atoms with Crippen LogP contribution in [0.5, 0.6) is 11.5 Å². The molecule has 6 aromatic carbocycles. The number of fused-ring (bicyclic) bond motifs is 1. The number of imide groups is 1. The number of amides is 2. The van der Waals surface area contributed by atoms with Crippen molar-refractivity contribution in [2.24, 2.45) is 0 Å². The summed E-state index contributed by atoms with van der Waals surface area (Å²) >= 11 is 0. The number of imidazole rings is 1. The SMILES string of the molecule is CCOc1cc(O[Si](C)(C)C(C)(C)C)c(F)c(C(Nc2ccc3c(N(C(=O)OC(C)(C)C)C(=O)OC(C)(C)C)nccc3c2)c2nc(-c3ccccc3)cn2C(c2ccccc2)(c2ccccc2)c2ccccc2)c1. The number of aromatic nitrogens is 3. The number of anilines is 2. The summed E-state index contributed by atoms with van der Waals surface area (Å²) in [6.45, 7) is 23.1. The van der Waals surface area contributed by atoms with Gasteiger partial charge in [-0.05, 0) is 119 Å². The number of nitrogens with zero attached hydrogens (tertiary/aromatic N) is 4. The van der Waals surface area contributed by atoms with Crippen molar-refractivity contribution in [1.29, 1.82) is 0 Å². The van der Waals surface area contributed by atoms with Crippen molar-refractivity contribution in [3.8, 4) is 22.8 Å². The maximum atomic E-state index is 18.4. The van der Waals surface area contributed by atoms with Gasteiger partial charge in [0.25, 0.3) is 8.32 Å². The Kier molecular flexibility index (Phi) is 15.1. The van der Waals surface area contributed by atoms with Gasteiger partial charge in [0.15, 0.2) is 11.6 Å². The van der Waals surface area contributed by atoms with Crippen LogP contribution < -0.4 is 19.4 Å². The molecular weight excluding hydrogens is 958 g/mol. The minimum atomic E-state index is -2.65. The molecule has 8 rings (SSSR count). The second kappa shape index (κ2) is 21.2. The molecule has 2 amide bonds. The number of rotatable bonds is 14. The first-order valence-corrected chi connectivity index (χ1v) is 28.3. The molecule has 0 spiro atoms. The van der Waals surface area contributed by atoms with Crippen molar-refractivity contribution >= 4 is 42.8 Å². The van der Waals surface area contributed by atoms with Gasteiger partial charge >= 0.3 is 12.2 Å². The Morgan fingerprint density at radius 2 is 1.21 bits per heavy atom. The molecule has 2 aromatic heterocycles. The van der Waals surface area contributed by atoms with Crippen LogP contribution >= 0.6 is 0 Å². The Labute approximate surface area is 441 Å². The molecule has 8 aromatic rings. The van der Waals surface area contributed by atoms with Crippen LogP contribution in [0.15, 0.2) is 170 Å². The molecule has 388 valence electrons. The van der Waals surface area contributed by atoms with Crippen molar-refractivity contribution in [1.82, 2.24) is 14.5 Å². The molecule has 1 N–H and O–H groups in total. The number of benzene rings is 6. The number of nitrogens with one attached hydrogen (secondary N) is 1. The highest BCUT2D eigenvalue weighted by atomic mass is 28.4. The zero-order valence-electron chi connectivity index (χ0n) is 45.1. The van der Waals surface area contributed by atoms with E-state index < -0.39 is 49.1 Å². The average Bonchev–Trinajstić information content (AvgIpc) is 3.80. The third-order valence-electron chi connectivity index (χ3n) is 13.2. The van der Waals surface area contributed by atoms with E-state index >= 15 is 4.39 Å². The van der Waals surface area contributed by atoms with Crippen LogP contribution in [-0.2, 0) is 15.0 Å². The molecule has 1 unspecified atom stereocenters. The molecule has 75 heavy (non-hydrogen) atoms. The van der Waals surface area contributed by atoms with Gasteiger partial charge in [-0.2, -0.15) is 4.90 Å². The van der Waals surface area contributed by atoms with Crippen LogP contribution in [0.1, 0.15) is 103 Å². The second-order valence-electron chi connectivity index (χ2n) is 22.1. The lowest BCUT2D eigenvalue weighted by Crippen LogP contribution is -2.44. The van der Waals surface area contributed by atoms with E-state index in [2.05, 4.69) is 91.3 Å². The molecule has 1 atom stereocenters. The lowest BCUT2D eigenvalue weighted by Gasteiger charge is -2.40. The normalized spacial score (nSPS) is 12.7. The molecule has 0 fully saturated rings. The van der Waals surface area contributed by atoms with Crippen molar-refractivity contribution in [2.45, 2.75) is 110 Å². The standard InChI is InChI=1S/C62H68FN5O6Si/c1-13-71-48-39-50(53(63)52(40-48)74-75(11,12)61(8,9)10)54(65-47-34-35-49-43(38-47)36-37-64-55(49)68(57(69)72-59(2,3)4)58(70)73-60(5,6)7)56-66-51(42-26-18-14-19-27-42)41-67(56)62(44-28-20-15-21-29-44,45-30-22-16-23-31-45)46-32-24-17-25-33-46/h14-41,54,65H,13H2,1-12H3. The molecule has 0 bridgehead atoms. The maximum absolute atomic E-state index is 18.4. The highest BCUT2D eigenvalue weighted by Crippen LogP contribution is 2.47. The summed E-state index contributed by atoms with van der Waals surface area (Å²) in [5.41, 5.74) is 2.13. The van der Waals surface area contributed by atoms with Gasteiger partial charge in [-0.1, -0.05) is 142 Å². The second-order valence-corrected chi connectivity index (χ2v) is 26.8. The van der Waals surface area contributed by atoms with Crippen LogP contribution in [0.2, 0.25) is 18.1 Å². The summed E-state index contributed by atoms with van der Waals surface area (Å²) in [5.74, 6) is 0.416. The van der Waals surface area contributed by atoms with Crippen LogP contribution in [0.3, 0.4) is 0 Å². The molecular formula is C62H68FN5O6Si. The molecule has 13 heteroatoms. The predicted molar refractivity (Wildman–Crippen MR) is 300 cm³/mol. The van der Waals surface area contributed by atoms with E-state index in [0.717, 1.165) is 27.2 Å². The fraction of sp³-hybridized carbons (Fsp3) is 0.290. The lowest BCUT2D eigenvalue weighted by molar-refractivity contribution is 0.0429. The number of hydrogen-bond acceptors (Lipinski definition) is 9. The molecule has 0 saturated carbocycles. The molecule has 2 heterocycles. The Bertz CT molecular complexity index is 3150. The van der Waals surface area contributed by atoms with Gasteiger partial charge in [0.1, 0.15) is 40.1 Å². The molecule has 0 aliphatic rings. The molecule has 0 radical (unpaired) electrons. The molecule has 11 nitrogen and oxygen atoms in total. The summed E-state index contributed by atoms with van der Waals surface area (Å²) in [7, 11) is -2.65. The minimum absolute atomic E-state index is 0.0170.